The number of nitrogens with one attached hydrogen (secondary N) is 1. The van der Waals surface area contributed by atoms with Crippen LogP contribution in [0.3, 0.4) is 0 Å². The van der Waals surface area contributed by atoms with E-state index in [-0.39, 0.29) is 5.54 Å². The van der Waals surface area contributed by atoms with E-state index in [0.717, 1.165) is 24.1 Å². The van der Waals surface area contributed by atoms with E-state index in [9.17, 15) is 13.2 Å². The molecule has 0 heterocycles. The van der Waals surface area contributed by atoms with Crippen LogP contribution in [0.2, 0.25) is 0 Å². The maximum Gasteiger partial charge on any atom is 0.416 e. The highest BCUT2D eigenvalue weighted by Gasteiger charge is 2.39. The molecule has 1 N–H and O–H groups in total. The molecule has 0 radical (unpaired) electrons. The lowest BCUT2D eigenvalue weighted by Gasteiger charge is -2.15. The van der Waals surface area contributed by atoms with Gasteiger partial charge in [-0.15, -0.1) is 0 Å². The van der Waals surface area contributed by atoms with Gasteiger partial charge < -0.3 is 5.32 Å². The monoisotopic (exact) mass is 243 g/mol. The summed E-state index contributed by atoms with van der Waals surface area (Å²) in [5.74, 6) is 0. The van der Waals surface area contributed by atoms with Crippen LogP contribution < -0.4 is 5.32 Å². The molecule has 1 nitrogen and oxygen atoms in total. The highest BCUT2D eigenvalue weighted by Crippen LogP contribution is 2.38. The van der Waals surface area contributed by atoms with Crippen LogP contribution in [-0.2, 0) is 12.7 Å². The molecule has 0 spiro atoms. The van der Waals surface area contributed by atoms with Crippen molar-refractivity contribution in [2.24, 2.45) is 0 Å². The van der Waals surface area contributed by atoms with E-state index in [2.05, 4.69) is 12.2 Å². The Morgan fingerprint density at radius 1 is 1.18 bits per heavy atom. The summed E-state index contributed by atoms with van der Waals surface area (Å²) in [5, 5.41) is 3.41. The quantitative estimate of drug-likeness (QED) is 0.849. The van der Waals surface area contributed by atoms with Crippen LogP contribution in [-0.4, -0.2) is 5.54 Å². The molecule has 94 valence electrons. The van der Waals surface area contributed by atoms with E-state index in [1.54, 1.807) is 12.1 Å². The molecular weight excluding hydrogens is 227 g/mol. The van der Waals surface area contributed by atoms with Gasteiger partial charge in [0.2, 0.25) is 0 Å². The van der Waals surface area contributed by atoms with E-state index >= 15 is 0 Å². The minimum atomic E-state index is -4.24. The van der Waals surface area contributed by atoms with E-state index in [4.69, 9.17) is 0 Å². The van der Waals surface area contributed by atoms with Gasteiger partial charge in [-0.3, -0.25) is 0 Å². The van der Waals surface area contributed by atoms with Crippen LogP contribution in [0.4, 0.5) is 13.2 Å². The van der Waals surface area contributed by atoms with Crippen molar-refractivity contribution in [2.75, 3.05) is 0 Å². The van der Waals surface area contributed by atoms with Crippen molar-refractivity contribution in [1.82, 2.24) is 5.32 Å². The zero-order valence-corrected chi connectivity index (χ0v) is 9.77. The Kier molecular flexibility index (Phi) is 3.17. The van der Waals surface area contributed by atoms with Crippen LogP contribution in [0.5, 0.6) is 0 Å². The fourth-order valence-electron chi connectivity index (χ4n) is 1.91. The van der Waals surface area contributed by atoms with E-state index < -0.39 is 11.7 Å². The number of benzene rings is 1. The lowest BCUT2D eigenvalue weighted by atomic mass is 10.1. The largest absolute Gasteiger partial charge is 0.416 e. The SMILES string of the molecule is CCC1(NCc2ccc(C(F)(F)F)cc2)CC1. The predicted octanol–water partition coefficient (Wildman–Crippen LogP) is 3.74. The molecule has 1 aliphatic carbocycles. The first kappa shape index (κ1) is 12.4. The first-order chi connectivity index (χ1) is 7.95. The van der Waals surface area contributed by atoms with Gasteiger partial charge in [-0.25, -0.2) is 0 Å². The summed E-state index contributed by atoms with van der Waals surface area (Å²) < 4.78 is 37.0. The molecule has 0 atom stereocenters. The first-order valence-electron chi connectivity index (χ1n) is 5.86. The minimum absolute atomic E-state index is 0.253. The fraction of sp³-hybridized carbons (Fsp3) is 0.538. The maximum absolute atomic E-state index is 12.3. The Hall–Kier alpha value is -1.03. The molecule has 1 aliphatic rings. The number of hydrogen-bond donors (Lipinski definition) is 1. The first-order valence-corrected chi connectivity index (χ1v) is 5.86. The highest BCUT2D eigenvalue weighted by atomic mass is 19.4. The average molecular weight is 243 g/mol. The second-order valence-corrected chi connectivity index (χ2v) is 4.68. The van der Waals surface area contributed by atoms with Crippen LogP contribution >= 0.6 is 0 Å². The maximum atomic E-state index is 12.3. The molecule has 0 saturated heterocycles. The third-order valence-electron chi connectivity index (χ3n) is 3.48. The summed E-state index contributed by atoms with van der Waals surface area (Å²) in [6.07, 6.45) is -0.824. The standard InChI is InChI=1S/C13H16F3N/c1-2-12(7-8-12)17-9-10-3-5-11(6-4-10)13(14,15)16/h3-6,17H,2,7-9H2,1H3. The van der Waals surface area contributed by atoms with Crippen molar-refractivity contribution in [3.05, 3.63) is 35.4 Å². The van der Waals surface area contributed by atoms with Gasteiger partial charge in [-0.2, -0.15) is 13.2 Å². The predicted molar refractivity (Wildman–Crippen MR) is 60.5 cm³/mol. The van der Waals surface area contributed by atoms with Gasteiger partial charge in [-0.1, -0.05) is 19.1 Å². The summed E-state index contributed by atoms with van der Waals surface area (Å²) in [6.45, 7) is 2.78. The van der Waals surface area contributed by atoms with Gasteiger partial charge >= 0.3 is 6.18 Å². The Balaban J connectivity index is 1.94. The zero-order chi connectivity index (χ0) is 12.5. The molecule has 17 heavy (non-hydrogen) atoms. The van der Waals surface area contributed by atoms with Crippen molar-refractivity contribution in [3.8, 4) is 0 Å². The van der Waals surface area contributed by atoms with Crippen molar-refractivity contribution in [2.45, 2.75) is 44.4 Å². The molecule has 1 saturated carbocycles. The smallest absolute Gasteiger partial charge is 0.307 e. The second kappa shape index (κ2) is 4.33. The van der Waals surface area contributed by atoms with Crippen LogP contribution in [0.15, 0.2) is 24.3 Å². The zero-order valence-electron chi connectivity index (χ0n) is 9.77. The molecule has 4 heteroatoms. The topological polar surface area (TPSA) is 12.0 Å². The van der Waals surface area contributed by atoms with Crippen LogP contribution in [0.25, 0.3) is 0 Å². The summed E-state index contributed by atoms with van der Waals surface area (Å²) in [5.41, 5.74) is 0.568. The molecule has 1 aromatic carbocycles. The lowest BCUT2D eigenvalue weighted by molar-refractivity contribution is -0.137. The molecular formula is C13H16F3N. The minimum Gasteiger partial charge on any atom is -0.307 e. The molecule has 0 aliphatic heterocycles. The van der Waals surface area contributed by atoms with E-state index in [0.29, 0.717) is 6.54 Å². The second-order valence-electron chi connectivity index (χ2n) is 4.68. The van der Waals surface area contributed by atoms with Gasteiger partial charge in [0.15, 0.2) is 0 Å². The van der Waals surface area contributed by atoms with Gasteiger partial charge in [-0.05, 0) is 37.0 Å². The molecule has 0 aromatic heterocycles. The molecule has 0 unspecified atom stereocenters. The number of alkyl halides is 3. The lowest BCUT2D eigenvalue weighted by Crippen LogP contribution is -2.29. The molecule has 0 bridgehead atoms. The van der Waals surface area contributed by atoms with Gasteiger partial charge in [0.05, 0.1) is 5.56 Å². The van der Waals surface area contributed by atoms with Crippen LogP contribution in [0.1, 0.15) is 37.3 Å². The molecule has 1 aromatic rings. The molecule has 1 fully saturated rings. The highest BCUT2D eigenvalue weighted by molar-refractivity contribution is 5.24. The Bertz CT molecular complexity index is 377. The Morgan fingerprint density at radius 2 is 1.76 bits per heavy atom. The summed E-state index contributed by atoms with van der Waals surface area (Å²) >= 11 is 0. The number of halogens is 3. The average Bonchev–Trinajstić information content (AvgIpc) is 3.06. The normalized spacial score (nSPS) is 18.1. The Morgan fingerprint density at radius 3 is 2.18 bits per heavy atom. The van der Waals surface area contributed by atoms with Crippen molar-refractivity contribution >= 4 is 0 Å². The third-order valence-corrected chi connectivity index (χ3v) is 3.48. The van der Waals surface area contributed by atoms with Gasteiger partial charge in [0.1, 0.15) is 0 Å². The number of hydrogen-bond acceptors (Lipinski definition) is 1. The van der Waals surface area contributed by atoms with E-state index in [1.807, 2.05) is 0 Å². The molecule has 2 rings (SSSR count). The molecule has 0 amide bonds. The van der Waals surface area contributed by atoms with Crippen molar-refractivity contribution in [1.29, 1.82) is 0 Å². The van der Waals surface area contributed by atoms with Crippen LogP contribution in [0, 0.1) is 0 Å². The van der Waals surface area contributed by atoms with E-state index in [1.165, 1.54) is 12.8 Å². The van der Waals surface area contributed by atoms with Gasteiger partial charge in [0.25, 0.3) is 0 Å². The van der Waals surface area contributed by atoms with Gasteiger partial charge in [0, 0.05) is 12.1 Å². The van der Waals surface area contributed by atoms with Crippen molar-refractivity contribution in [3.63, 3.8) is 0 Å². The Labute approximate surface area is 99.0 Å². The summed E-state index contributed by atoms with van der Waals surface area (Å²) in [4.78, 5) is 0. The fourth-order valence-corrected chi connectivity index (χ4v) is 1.91. The summed E-state index contributed by atoms with van der Waals surface area (Å²) in [6, 6.07) is 5.37. The third kappa shape index (κ3) is 3.00. The summed E-state index contributed by atoms with van der Waals surface area (Å²) in [7, 11) is 0. The van der Waals surface area contributed by atoms with Crippen molar-refractivity contribution < 1.29 is 13.2 Å². The number of rotatable bonds is 4.